The zero-order valence-corrected chi connectivity index (χ0v) is 32.5. The van der Waals surface area contributed by atoms with E-state index in [1.165, 1.54) is 82.0 Å². The molecule has 1 nitrogen and oxygen atoms in total. The minimum absolute atomic E-state index is 1.10. The van der Waals surface area contributed by atoms with Crippen molar-refractivity contribution in [2.24, 2.45) is 0 Å². The monoisotopic (exact) mass is 749 g/mol. The number of hydrogen-bond donors (Lipinski definition) is 0. The van der Waals surface area contributed by atoms with Gasteiger partial charge in [0.05, 0.1) is 5.69 Å². The van der Waals surface area contributed by atoms with Crippen molar-refractivity contribution < 1.29 is 0 Å². The van der Waals surface area contributed by atoms with Gasteiger partial charge in [0.25, 0.3) is 0 Å². The van der Waals surface area contributed by atoms with Crippen LogP contribution in [0.2, 0.25) is 0 Å². The average molecular weight is 750 g/mol. The maximum Gasteiger partial charge on any atom is 0.0540 e. The molecule has 0 bridgehead atoms. The van der Waals surface area contributed by atoms with Gasteiger partial charge in [-0.25, -0.2) is 0 Å². The smallest absolute Gasteiger partial charge is 0.0540 e. The summed E-state index contributed by atoms with van der Waals surface area (Å²) in [6.45, 7) is 0. The summed E-state index contributed by atoms with van der Waals surface area (Å²) in [6.07, 6.45) is 0. The lowest BCUT2D eigenvalue weighted by Gasteiger charge is -2.28. The molecule has 11 aromatic carbocycles. The molecule has 0 amide bonds. The molecule has 0 aliphatic rings. The van der Waals surface area contributed by atoms with Crippen LogP contribution in [0, 0.1) is 0 Å². The number of benzene rings is 11. The average Bonchev–Trinajstić information content (AvgIpc) is 3.32. The molecule has 0 saturated carbocycles. The van der Waals surface area contributed by atoms with Gasteiger partial charge in [-0.1, -0.05) is 200 Å². The molecule has 11 rings (SSSR count). The molecule has 0 aliphatic heterocycles. The Balaban J connectivity index is 1.14. The van der Waals surface area contributed by atoms with Crippen molar-refractivity contribution in [2.45, 2.75) is 0 Å². The standard InChI is InChI=1S/C58H39N/c1-4-18-41(19-5-1)49-35-36-56(53-29-14-12-27-50(49)53)59(48-33-31-40-17-10-11-24-44(40)37-48)47-26-16-25-45(38-47)46-32-34-52-51-28-13-15-30-54(51)57(42-20-6-2-7-21-42)58(55(52)39-46)43-22-8-3-9-23-43/h1-39H. The fourth-order valence-corrected chi connectivity index (χ4v) is 9.10. The Kier molecular flexibility index (Phi) is 8.56. The number of rotatable bonds is 7. The van der Waals surface area contributed by atoms with Crippen LogP contribution in [0.15, 0.2) is 237 Å². The van der Waals surface area contributed by atoms with E-state index < -0.39 is 0 Å². The maximum atomic E-state index is 2.44. The van der Waals surface area contributed by atoms with E-state index in [2.05, 4.69) is 241 Å². The first-order chi connectivity index (χ1) is 29.3. The van der Waals surface area contributed by atoms with Crippen molar-refractivity contribution >= 4 is 60.2 Å². The van der Waals surface area contributed by atoms with Gasteiger partial charge < -0.3 is 4.90 Å². The molecule has 0 radical (unpaired) electrons. The van der Waals surface area contributed by atoms with E-state index in [4.69, 9.17) is 0 Å². The third-order valence-electron chi connectivity index (χ3n) is 11.8. The molecule has 0 unspecified atom stereocenters. The van der Waals surface area contributed by atoms with E-state index in [0.29, 0.717) is 0 Å². The lowest BCUT2D eigenvalue weighted by atomic mass is 9.84. The van der Waals surface area contributed by atoms with Crippen LogP contribution in [0.4, 0.5) is 17.1 Å². The molecule has 0 fully saturated rings. The van der Waals surface area contributed by atoms with Gasteiger partial charge in [-0.2, -0.15) is 0 Å². The molecular weight excluding hydrogens is 711 g/mol. The molecule has 276 valence electrons. The minimum atomic E-state index is 1.10. The Morgan fingerprint density at radius 1 is 0.237 bits per heavy atom. The second-order valence-electron chi connectivity index (χ2n) is 15.2. The quantitative estimate of drug-likeness (QED) is 0.147. The van der Waals surface area contributed by atoms with Crippen molar-refractivity contribution in [3.05, 3.63) is 237 Å². The Bertz CT molecular complexity index is 3310. The van der Waals surface area contributed by atoms with Crippen LogP contribution in [-0.2, 0) is 0 Å². The molecule has 0 atom stereocenters. The van der Waals surface area contributed by atoms with Gasteiger partial charge >= 0.3 is 0 Å². The molecule has 59 heavy (non-hydrogen) atoms. The normalized spacial score (nSPS) is 11.4. The summed E-state index contributed by atoms with van der Waals surface area (Å²) < 4.78 is 0. The highest BCUT2D eigenvalue weighted by atomic mass is 15.1. The molecule has 1 heteroatoms. The highest BCUT2D eigenvalue weighted by Crippen LogP contribution is 2.47. The fourth-order valence-electron chi connectivity index (χ4n) is 9.10. The predicted molar refractivity (Wildman–Crippen MR) is 253 cm³/mol. The number of anilines is 3. The molecule has 0 spiro atoms. The van der Waals surface area contributed by atoms with Gasteiger partial charge in [0.1, 0.15) is 0 Å². The fraction of sp³-hybridized carbons (Fsp3) is 0. The van der Waals surface area contributed by atoms with Crippen molar-refractivity contribution in [1.29, 1.82) is 0 Å². The summed E-state index contributed by atoms with van der Waals surface area (Å²) in [4.78, 5) is 2.44. The van der Waals surface area contributed by atoms with Crippen LogP contribution in [0.1, 0.15) is 0 Å². The van der Waals surface area contributed by atoms with Crippen LogP contribution in [-0.4, -0.2) is 0 Å². The molecule has 0 saturated heterocycles. The zero-order chi connectivity index (χ0) is 39.1. The number of fused-ring (bicyclic) bond motifs is 5. The SMILES string of the molecule is c1ccc(-c2ccc(N(c3cccc(-c4ccc5c(c4)c(-c4ccccc4)c(-c4ccccc4)c4ccccc45)c3)c3ccc4ccccc4c3)c3ccccc23)cc1. The van der Waals surface area contributed by atoms with Crippen LogP contribution < -0.4 is 4.90 Å². The van der Waals surface area contributed by atoms with Gasteiger partial charge in [0.15, 0.2) is 0 Å². The molecule has 0 heterocycles. The van der Waals surface area contributed by atoms with E-state index in [1.54, 1.807) is 0 Å². The van der Waals surface area contributed by atoms with Crippen molar-refractivity contribution in [2.75, 3.05) is 4.90 Å². The molecular formula is C58H39N. The Morgan fingerprint density at radius 2 is 0.763 bits per heavy atom. The lowest BCUT2D eigenvalue weighted by Crippen LogP contribution is -2.11. The number of nitrogens with zero attached hydrogens (tertiary/aromatic N) is 1. The summed E-state index contributed by atoms with van der Waals surface area (Å²) in [5, 5.41) is 9.87. The molecule has 0 aromatic heterocycles. The third kappa shape index (κ3) is 6.12. The maximum absolute atomic E-state index is 2.44. The highest BCUT2D eigenvalue weighted by molar-refractivity contribution is 6.22. The first-order valence-electron chi connectivity index (χ1n) is 20.3. The summed E-state index contributed by atoms with van der Waals surface area (Å²) in [6, 6.07) is 86.3. The van der Waals surface area contributed by atoms with Gasteiger partial charge in [0.2, 0.25) is 0 Å². The Morgan fingerprint density at radius 3 is 1.49 bits per heavy atom. The van der Waals surface area contributed by atoms with Gasteiger partial charge in [-0.15, -0.1) is 0 Å². The summed E-state index contributed by atoms with van der Waals surface area (Å²) >= 11 is 0. The van der Waals surface area contributed by atoms with Crippen LogP contribution in [0.3, 0.4) is 0 Å². The largest absolute Gasteiger partial charge is 0.310 e. The molecule has 11 aromatic rings. The Labute approximate surface area is 344 Å². The van der Waals surface area contributed by atoms with E-state index in [0.717, 1.165) is 22.6 Å². The Hall–Kier alpha value is -7.74. The van der Waals surface area contributed by atoms with Gasteiger partial charge in [-0.3, -0.25) is 0 Å². The first-order valence-corrected chi connectivity index (χ1v) is 20.3. The summed E-state index contributed by atoms with van der Waals surface area (Å²) in [5.74, 6) is 0. The number of hydrogen-bond acceptors (Lipinski definition) is 1. The second kappa shape index (κ2) is 14.6. The van der Waals surface area contributed by atoms with E-state index in [1.807, 2.05) is 0 Å². The van der Waals surface area contributed by atoms with Gasteiger partial charge in [-0.05, 0) is 119 Å². The summed E-state index contributed by atoms with van der Waals surface area (Å²) in [5.41, 5.74) is 13.1. The molecule has 0 N–H and O–H groups in total. The van der Waals surface area contributed by atoms with E-state index in [9.17, 15) is 0 Å². The topological polar surface area (TPSA) is 3.24 Å². The minimum Gasteiger partial charge on any atom is -0.310 e. The predicted octanol–water partition coefficient (Wildman–Crippen LogP) is 16.4. The van der Waals surface area contributed by atoms with Crippen molar-refractivity contribution in [3.63, 3.8) is 0 Å². The van der Waals surface area contributed by atoms with Crippen LogP contribution >= 0.6 is 0 Å². The lowest BCUT2D eigenvalue weighted by molar-refractivity contribution is 1.30. The highest BCUT2D eigenvalue weighted by Gasteiger charge is 2.21. The third-order valence-corrected chi connectivity index (χ3v) is 11.8. The second-order valence-corrected chi connectivity index (χ2v) is 15.2. The zero-order valence-electron chi connectivity index (χ0n) is 32.5. The molecule has 0 aliphatic carbocycles. The van der Waals surface area contributed by atoms with Crippen molar-refractivity contribution in [1.82, 2.24) is 0 Å². The van der Waals surface area contributed by atoms with E-state index >= 15 is 0 Å². The van der Waals surface area contributed by atoms with Crippen LogP contribution in [0.25, 0.3) is 87.6 Å². The first kappa shape index (κ1) is 34.5. The summed E-state index contributed by atoms with van der Waals surface area (Å²) in [7, 11) is 0. The van der Waals surface area contributed by atoms with Crippen molar-refractivity contribution in [3.8, 4) is 44.5 Å². The van der Waals surface area contributed by atoms with Gasteiger partial charge in [0, 0.05) is 16.8 Å². The van der Waals surface area contributed by atoms with E-state index in [-0.39, 0.29) is 0 Å². The van der Waals surface area contributed by atoms with Crippen LogP contribution in [0.5, 0.6) is 0 Å².